The zero-order valence-electron chi connectivity index (χ0n) is 9.02. The summed E-state index contributed by atoms with van der Waals surface area (Å²) in [5.41, 5.74) is 0.987. The summed E-state index contributed by atoms with van der Waals surface area (Å²) < 4.78 is 0.931. The molecule has 0 aliphatic heterocycles. The van der Waals surface area contributed by atoms with E-state index in [1.54, 1.807) is 7.05 Å². The Morgan fingerprint density at radius 3 is 2.88 bits per heavy atom. The van der Waals surface area contributed by atoms with Crippen LogP contribution in [0.25, 0.3) is 0 Å². The first-order valence-electron chi connectivity index (χ1n) is 5.03. The Kier molecular flexibility index (Phi) is 5.63. The molecule has 88 valence electrons. The maximum absolute atomic E-state index is 11.0. The fraction of sp³-hybridized carbons (Fsp3) is 0.364. The van der Waals surface area contributed by atoms with Crippen molar-refractivity contribution in [2.45, 2.75) is 12.8 Å². The molecule has 0 aromatic heterocycles. The third kappa shape index (κ3) is 4.41. The van der Waals surface area contributed by atoms with Crippen LogP contribution in [0.2, 0.25) is 5.02 Å². The van der Waals surface area contributed by atoms with Crippen LogP contribution in [-0.4, -0.2) is 19.5 Å². The fourth-order valence-electron chi connectivity index (χ4n) is 1.23. The Bertz CT molecular complexity index is 371. The maximum Gasteiger partial charge on any atom is 0.219 e. The lowest BCUT2D eigenvalue weighted by atomic mass is 10.2. The number of nitrogens with one attached hydrogen (secondary N) is 2. The molecular weight excluding hydrogens is 291 g/mol. The van der Waals surface area contributed by atoms with Crippen LogP contribution in [0.15, 0.2) is 22.7 Å². The van der Waals surface area contributed by atoms with E-state index in [0.717, 1.165) is 23.1 Å². The molecule has 0 unspecified atom stereocenters. The van der Waals surface area contributed by atoms with Crippen molar-refractivity contribution in [2.24, 2.45) is 0 Å². The molecule has 0 heterocycles. The van der Waals surface area contributed by atoms with Gasteiger partial charge in [0, 0.05) is 35.2 Å². The Hall–Kier alpha value is -0.740. The van der Waals surface area contributed by atoms with Crippen LogP contribution in [-0.2, 0) is 4.79 Å². The van der Waals surface area contributed by atoms with Crippen molar-refractivity contribution in [1.29, 1.82) is 0 Å². The number of benzene rings is 1. The molecule has 1 aromatic carbocycles. The molecular formula is C11H14BrClN2O. The number of amides is 1. The van der Waals surface area contributed by atoms with Crippen molar-refractivity contribution in [3.63, 3.8) is 0 Å². The number of hydrogen-bond donors (Lipinski definition) is 2. The van der Waals surface area contributed by atoms with Gasteiger partial charge in [-0.3, -0.25) is 4.79 Å². The summed E-state index contributed by atoms with van der Waals surface area (Å²) in [7, 11) is 1.64. The predicted molar refractivity (Wildman–Crippen MR) is 70.9 cm³/mol. The van der Waals surface area contributed by atoms with E-state index in [-0.39, 0.29) is 5.91 Å². The molecule has 0 aliphatic rings. The van der Waals surface area contributed by atoms with Gasteiger partial charge in [-0.25, -0.2) is 0 Å². The van der Waals surface area contributed by atoms with Crippen LogP contribution < -0.4 is 10.6 Å². The van der Waals surface area contributed by atoms with E-state index in [9.17, 15) is 4.79 Å². The monoisotopic (exact) mass is 304 g/mol. The van der Waals surface area contributed by atoms with E-state index in [4.69, 9.17) is 11.6 Å². The van der Waals surface area contributed by atoms with Gasteiger partial charge in [-0.1, -0.05) is 11.6 Å². The molecule has 0 bridgehead atoms. The zero-order chi connectivity index (χ0) is 12.0. The average Bonchev–Trinajstić information content (AvgIpc) is 2.26. The first kappa shape index (κ1) is 13.3. The Labute approximate surface area is 109 Å². The molecule has 0 saturated carbocycles. The maximum atomic E-state index is 11.0. The van der Waals surface area contributed by atoms with E-state index >= 15 is 0 Å². The number of hydrogen-bond acceptors (Lipinski definition) is 2. The van der Waals surface area contributed by atoms with Gasteiger partial charge in [0.2, 0.25) is 5.91 Å². The van der Waals surface area contributed by atoms with Gasteiger partial charge in [0.15, 0.2) is 0 Å². The van der Waals surface area contributed by atoms with Crippen molar-refractivity contribution < 1.29 is 4.79 Å². The van der Waals surface area contributed by atoms with Gasteiger partial charge in [0.25, 0.3) is 0 Å². The first-order valence-corrected chi connectivity index (χ1v) is 6.20. The molecule has 3 nitrogen and oxygen atoms in total. The molecule has 0 fully saturated rings. The minimum Gasteiger partial charge on any atom is -0.384 e. The van der Waals surface area contributed by atoms with Crippen molar-refractivity contribution >= 4 is 39.1 Å². The Morgan fingerprint density at radius 1 is 1.50 bits per heavy atom. The number of carbonyl (C=O) groups is 1. The van der Waals surface area contributed by atoms with E-state index in [2.05, 4.69) is 26.6 Å². The zero-order valence-corrected chi connectivity index (χ0v) is 11.4. The second kappa shape index (κ2) is 6.76. The summed E-state index contributed by atoms with van der Waals surface area (Å²) in [6, 6.07) is 5.57. The van der Waals surface area contributed by atoms with Crippen LogP contribution >= 0.6 is 27.5 Å². The number of carbonyl (C=O) groups excluding carboxylic acids is 1. The number of rotatable bonds is 5. The van der Waals surface area contributed by atoms with Crippen molar-refractivity contribution in [3.05, 3.63) is 27.7 Å². The highest BCUT2D eigenvalue weighted by atomic mass is 79.9. The van der Waals surface area contributed by atoms with Gasteiger partial charge >= 0.3 is 0 Å². The number of halogens is 2. The second-order valence-electron chi connectivity index (χ2n) is 3.33. The van der Waals surface area contributed by atoms with Gasteiger partial charge in [-0.05, 0) is 40.5 Å². The molecule has 0 spiro atoms. The van der Waals surface area contributed by atoms with Crippen LogP contribution in [0.5, 0.6) is 0 Å². The van der Waals surface area contributed by atoms with Crippen molar-refractivity contribution in [3.8, 4) is 0 Å². The highest BCUT2D eigenvalue weighted by Gasteiger charge is 2.01. The predicted octanol–water partition coefficient (Wildman–Crippen LogP) is 3.04. The van der Waals surface area contributed by atoms with Crippen molar-refractivity contribution in [1.82, 2.24) is 5.32 Å². The summed E-state index contributed by atoms with van der Waals surface area (Å²) in [6.45, 7) is 0.758. The Balaban J connectivity index is 2.35. The second-order valence-corrected chi connectivity index (χ2v) is 4.62. The summed E-state index contributed by atoms with van der Waals surface area (Å²) in [5.74, 6) is 0.0666. The van der Waals surface area contributed by atoms with E-state index in [1.807, 2.05) is 18.2 Å². The van der Waals surface area contributed by atoms with Gasteiger partial charge in [0.1, 0.15) is 0 Å². The molecule has 0 radical (unpaired) electrons. The van der Waals surface area contributed by atoms with E-state index < -0.39 is 0 Å². The third-order valence-electron chi connectivity index (χ3n) is 2.11. The highest BCUT2D eigenvalue weighted by molar-refractivity contribution is 9.10. The molecule has 5 heteroatoms. The fourth-order valence-corrected chi connectivity index (χ4v) is 2.05. The van der Waals surface area contributed by atoms with E-state index in [1.165, 1.54) is 0 Å². The quantitative estimate of drug-likeness (QED) is 0.821. The van der Waals surface area contributed by atoms with E-state index in [0.29, 0.717) is 11.4 Å². The molecule has 2 N–H and O–H groups in total. The lowest BCUT2D eigenvalue weighted by molar-refractivity contribution is -0.120. The van der Waals surface area contributed by atoms with Crippen LogP contribution in [0.4, 0.5) is 5.69 Å². The SMILES string of the molecule is CNC(=O)CCCNc1ccc(Cl)cc1Br. The molecule has 0 atom stereocenters. The van der Waals surface area contributed by atoms with Gasteiger partial charge < -0.3 is 10.6 Å². The van der Waals surface area contributed by atoms with Crippen LogP contribution in [0, 0.1) is 0 Å². The molecule has 16 heavy (non-hydrogen) atoms. The third-order valence-corrected chi connectivity index (χ3v) is 3.00. The lowest BCUT2D eigenvalue weighted by Gasteiger charge is -2.08. The topological polar surface area (TPSA) is 41.1 Å². The summed E-state index contributed by atoms with van der Waals surface area (Å²) >= 11 is 9.24. The largest absolute Gasteiger partial charge is 0.384 e. The average molecular weight is 306 g/mol. The first-order chi connectivity index (χ1) is 7.63. The molecule has 0 saturated heterocycles. The van der Waals surface area contributed by atoms with Gasteiger partial charge in [-0.2, -0.15) is 0 Å². The normalized spacial score (nSPS) is 9.94. The van der Waals surface area contributed by atoms with Crippen molar-refractivity contribution in [2.75, 3.05) is 18.9 Å². The van der Waals surface area contributed by atoms with Crippen LogP contribution in [0.3, 0.4) is 0 Å². The summed E-state index contributed by atoms with van der Waals surface area (Å²) in [5, 5.41) is 6.52. The summed E-state index contributed by atoms with van der Waals surface area (Å²) in [6.07, 6.45) is 1.34. The summed E-state index contributed by atoms with van der Waals surface area (Å²) in [4.78, 5) is 11.0. The molecule has 1 aromatic rings. The number of anilines is 1. The minimum atomic E-state index is 0.0666. The van der Waals surface area contributed by atoms with Gasteiger partial charge in [-0.15, -0.1) is 0 Å². The van der Waals surface area contributed by atoms with Crippen LogP contribution in [0.1, 0.15) is 12.8 Å². The minimum absolute atomic E-state index is 0.0666. The standard InChI is InChI=1S/C11H14BrClN2O/c1-14-11(16)3-2-6-15-10-5-4-8(13)7-9(10)12/h4-5,7,15H,2-3,6H2,1H3,(H,14,16). The highest BCUT2D eigenvalue weighted by Crippen LogP contribution is 2.25. The smallest absolute Gasteiger partial charge is 0.219 e. The lowest BCUT2D eigenvalue weighted by Crippen LogP contribution is -2.18. The molecule has 1 rings (SSSR count). The van der Waals surface area contributed by atoms with Gasteiger partial charge in [0.05, 0.1) is 0 Å². The molecule has 0 aliphatic carbocycles. The molecule has 1 amide bonds. The Morgan fingerprint density at radius 2 is 2.25 bits per heavy atom.